The molecule has 1 amide bonds. The van der Waals surface area contributed by atoms with Crippen LogP contribution < -0.4 is 11.1 Å². The second-order valence-electron chi connectivity index (χ2n) is 3.86. The Bertz CT molecular complexity index is 628. The SMILES string of the molecule is Cc1cc(Cl)c(NC(=O)c2cnc(N)cn2)cc1Cl. The molecule has 0 aliphatic carbocycles. The summed E-state index contributed by atoms with van der Waals surface area (Å²) in [5.41, 5.74) is 6.78. The molecule has 3 N–H and O–H groups in total. The number of hydrogen-bond donors (Lipinski definition) is 2. The molecule has 2 rings (SSSR count). The van der Waals surface area contributed by atoms with Crippen LogP contribution in [0.2, 0.25) is 10.0 Å². The Morgan fingerprint density at radius 1 is 1.21 bits per heavy atom. The number of amides is 1. The number of hydrogen-bond acceptors (Lipinski definition) is 4. The van der Waals surface area contributed by atoms with Gasteiger partial charge in [-0.3, -0.25) is 4.79 Å². The van der Waals surface area contributed by atoms with E-state index in [1.54, 1.807) is 12.1 Å². The Morgan fingerprint density at radius 2 is 1.95 bits per heavy atom. The molecule has 0 atom stereocenters. The molecule has 7 heteroatoms. The molecule has 1 heterocycles. The summed E-state index contributed by atoms with van der Waals surface area (Å²) >= 11 is 12.0. The topological polar surface area (TPSA) is 80.9 Å². The van der Waals surface area contributed by atoms with E-state index >= 15 is 0 Å². The summed E-state index contributed by atoms with van der Waals surface area (Å²) in [5, 5.41) is 3.53. The van der Waals surface area contributed by atoms with Gasteiger partial charge in [0.1, 0.15) is 11.5 Å². The van der Waals surface area contributed by atoms with E-state index in [1.165, 1.54) is 12.4 Å². The smallest absolute Gasteiger partial charge is 0.275 e. The molecule has 0 radical (unpaired) electrons. The first-order valence-electron chi connectivity index (χ1n) is 5.32. The highest BCUT2D eigenvalue weighted by Gasteiger charge is 2.11. The number of carbonyl (C=O) groups is 1. The third kappa shape index (κ3) is 3.13. The van der Waals surface area contributed by atoms with Crippen LogP contribution in [0.3, 0.4) is 0 Å². The maximum atomic E-state index is 11.9. The van der Waals surface area contributed by atoms with Crippen LogP contribution in [0.5, 0.6) is 0 Å². The minimum absolute atomic E-state index is 0.141. The molecule has 1 aromatic carbocycles. The summed E-state index contributed by atoms with van der Waals surface area (Å²) in [6, 6.07) is 3.26. The molecule has 2 aromatic rings. The van der Waals surface area contributed by atoms with Crippen molar-refractivity contribution in [1.29, 1.82) is 0 Å². The van der Waals surface area contributed by atoms with Gasteiger partial charge in [-0.2, -0.15) is 0 Å². The summed E-state index contributed by atoms with van der Waals surface area (Å²) in [6.07, 6.45) is 2.59. The van der Waals surface area contributed by atoms with E-state index in [9.17, 15) is 4.79 Å². The van der Waals surface area contributed by atoms with Gasteiger partial charge in [0.2, 0.25) is 0 Å². The van der Waals surface area contributed by atoms with Crippen molar-refractivity contribution in [3.05, 3.63) is 45.8 Å². The van der Waals surface area contributed by atoms with E-state index in [4.69, 9.17) is 28.9 Å². The number of nitrogens with one attached hydrogen (secondary N) is 1. The zero-order chi connectivity index (χ0) is 14.0. The summed E-state index contributed by atoms with van der Waals surface area (Å²) in [7, 11) is 0. The molecular formula is C12H10Cl2N4O. The van der Waals surface area contributed by atoms with Crippen LogP contribution in [0.4, 0.5) is 11.5 Å². The minimum Gasteiger partial charge on any atom is -0.382 e. The van der Waals surface area contributed by atoms with Crippen molar-refractivity contribution < 1.29 is 4.79 Å². The number of nitrogen functional groups attached to an aromatic ring is 1. The maximum absolute atomic E-state index is 11.9. The molecule has 19 heavy (non-hydrogen) atoms. The van der Waals surface area contributed by atoms with Gasteiger partial charge < -0.3 is 11.1 Å². The third-order valence-corrected chi connectivity index (χ3v) is 3.12. The highest BCUT2D eigenvalue weighted by molar-refractivity contribution is 6.36. The normalized spacial score (nSPS) is 10.3. The van der Waals surface area contributed by atoms with Crippen LogP contribution in [0.25, 0.3) is 0 Å². The van der Waals surface area contributed by atoms with Gasteiger partial charge in [-0.15, -0.1) is 0 Å². The van der Waals surface area contributed by atoms with Gasteiger partial charge >= 0.3 is 0 Å². The highest BCUT2D eigenvalue weighted by atomic mass is 35.5. The van der Waals surface area contributed by atoms with Gasteiger partial charge in [0.05, 0.1) is 23.1 Å². The molecule has 1 aromatic heterocycles. The zero-order valence-corrected chi connectivity index (χ0v) is 11.5. The van der Waals surface area contributed by atoms with Gasteiger partial charge in [-0.25, -0.2) is 9.97 Å². The number of rotatable bonds is 2. The van der Waals surface area contributed by atoms with Gasteiger partial charge in [0.15, 0.2) is 0 Å². The van der Waals surface area contributed by atoms with Crippen LogP contribution in [0.15, 0.2) is 24.5 Å². The maximum Gasteiger partial charge on any atom is 0.275 e. The van der Waals surface area contributed by atoms with Gasteiger partial charge in [-0.05, 0) is 24.6 Å². The average molecular weight is 297 g/mol. The standard InChI is InChI=1S/C12H10Cl2N4O/c1-6-2-8(14)9(3-7(6)13)18-12(19)10-4-17-11(15)5-16-10/h2-5H,1H3,(H2,15,17)(H,18,19). The Balaban J connectivity index is 2.24. The summed E-state index contributed by atoms with van der Waals surface area (Å²) in [4.78, 5) is 19.6. The van der Waals surface area contributed by atoms with Gasteiger partial charge in [0, 0.05) is 5.02 Å². The first-order valence-corrected chi connectivity index (χ1v) is 6.07. The lowest BCUT2D eigenvalue weighted by Gasteiger charge is -2.08. The fourth-order valence-electron chi connectivity index (χ4n) is 1.38. The highest BCUT2D eigenvalue weighted by Crippen LogP contribution is 2.28. The van der Waals surface area contributed by atoms with Crippen LogP contribution in [0, 0.1) is 6.92 Å². The molecule has 0 bridgehead atoms. The van der Waals surface area contributed by atoms with Crippen molar-refractivity contribution in [2.24, 2.45) is 0 Å². The fourth-order valence-corrected chi connectivity index (χ4v) is 1.81. The molecule has 0 aliphatic rings. The molecule has 0 saturated heterocycles. The van der Waals surface area contributed by atoms with Crippen LogP contribution in [-0.2, 0) is 0 Å². The van der Waals surface area contributed by atoms with E-state index in [-0.39, 0.29) is 11.5 Å². The summed E-state index contributed by atoms with van der Waals surface area (Å²) in [6.45, 7) is 1.82. The van der Waals surface area contributed by atoms with E-state index in [2.05, 4.69) is 15.3 Å². The number of nitrogens with two attached hydrogens (primary N) is 1. The largest absolute Gasteiger partial charge is 0.382 e. The van der Waals surface area contributed by atoms with E-state index in [0.29, 0.717) is 15.7 Å². The number of nitrogens with zero attached hydrogens (tertiary/aromatic N) is 2. The number of carbonyl (C=O) groups excluding carboxylic acids is 1. The van der Waals surface area contributed by atoms with Crippen molar-refractivity contribution in [3.8, 4) is 0 Å². The van der Waals surface area contributed by atoms with Crippen molar-refractivity contribution in [1.82, 2.24) is 9.97 Å². The second kappa shape index (κ2) is 5.42. The third-order valence-electron chi connectivity index (χ3n) is 2.40. The summed E-state index contributed by atoms with van der Waals surface area (Å²) in [5.74, 6) is -0.192. The summed E-state index contributed by atoms with van der Waals surface area (Å²) < 4.78 is 0. The molecule has 0 spiro atoms. The zero-order valence-electron chi connectivity index (χ0n) is 9.95. The van der Waals surface area contributed by atoms with Crippen LogP contribution in [-0.4, -0.2) is 15.9 Å². The van der Waals surface area contributed by atoms with Crippen molar-refractivity contribution in [3.63, 3.8) is 0 Å². The number of anilines is 2. The fraction of sp³-hybridized carbons (Fsp3) is 0.0833. The molecular weight excluding hydrogens is 287 g/mol. The number of benzene rings is 1. The molecule has 0 unspecified atom stereocenters. The van der Waals surface area contributed by atoms with Crippen molar-refractivity contribution >= 4 is 40.6 Å². The predicted octanol–water partition coefficient (Wildman–Crippen LogP) is 2.93. The second-order valence-corrected chi connectivity index (χ2v) is 4.68. The lowest BCUT2D eigenvalue weighted by Crippen LogP contribution is -2.14. The first kappa shape index (κ1) is 13.6. The average Bonchev–Trinajstić information content (AvgIpc) is 2.36. The Kier molecular flexibility index (Phi) is 3.87. The monoisotopic (exact) mass is 296 g/mol. The number of aromatic nitrogens is 2. The van der Waals surface area contributed by atoms with Gasteiger partial charge in [-0.1, -0.05) is 23.2 Å². The molecule has 0 saturated carbocycles. The Morgan fingerprint density at radius 3 is 2.58 bits per heavy atom. The quantitative estimate of drug-likeness (QED) is 0.893. The molecule has 98 valence electrons. The lowest BCUT2D eigenvalue weighted by atomic mass is 10.2. The van der Waals surface area contributed by atoms with Gasteiger partial charge in [0.25, 0.3) is 5.91 Å². The Labute approximate surface area is 119 Å². The minimum atomic E-state index is -0.436. The lowest BCUT2D eigenvalue weighted by molar-refractivity contribution is 0.102. The van der Waals surface area contributed by atoms with E-state index < -0.39 is 5.91 Å². The van der Waals surface area contributed by atoms with Crippen molar-refractivity contribution in [2.75, 3.05) is 11.1 Å². The van der Waals surface area contributed by atoms with Crippen LogP contribution >= 0.6 is 23.2 Å². The molecule has 5 nitrogen and oxygen atoms in total. The number of aryl methyl sites for hydroxylation is 1. The van der Waals surface area contributed by atoms with E-state index in [1.807, 2.05) is 6.92 Å². The van der Waals surface area contributed by atoms with Crippen LogP contribution in [0.1, 0.15) is 16.1 Å². The Hall–Kier alpha value is -1.85. The molecule has 0 aliphatic heterocycles. The van der Waals surface area contributed by atoms with Crippen molar-refractivity contribution in [2.45, 2.75) is 6.92 Å². The van der Waals surface area contributed by atoms with E-state index in [0.717, 1.165) is 5.56 Å². The predicted molar refractivity (Wildman–Crippen MR) is 75.6 cm³/mol. The first-order chi connectivity index (χ1) is 8.97. The molecule has 0 fully saturated rings. The number of halogens is 2.